The molecule has 0 radical (unpaired) electrons. The third-order valence-electron chi connectivity index (χ3n) is 6.21. The third kappa shape index (κ3) is 6.89. The largest absolute Gasteiger partial charge is 0.427 e. The van der Waals surface area contributed by atoms with Crippen LogP contribution in [0.1, 0.15) is 42.4 Å². The van der Waals surface area contributed by atoms with Crippen LogP contribution in [-0.2, 0) is 11.2 Å². The molecule has 0 fully saturated rings. The molecule has 178 valence electrons. The summed E-state index contributed by atoms with van der Waals surface area (Å²) in [6, 6.07) is 29.3. The van der Waals surface area contributed by atoms with Gasteiger partial charge in [0, 0.05) is 12.0 Å². The van der Waals surface area contributed by atoms with Crippen LogP contribution in [0, 0.1) is 19.7 Å². The van der Waals surface area contributed by atoms with Crippen molar-refractivity contribution in [1.29, 1.82) is 0 Å². The van der Waals surface area contributed by atoms with Crippen molar-refractivity contribution in [3.05, 3.63) is 114 Å². The predicted molar refractivity (Wildman–Crippen MR) is 141 cm³/mol. The van der Waals surface area contributed by atoms with Gasteiger partial charge in [0.15, 0.2) is 0 Å². The van der Waals surface area contributed by atoms with E-state index in [0.29, 0.717) is 17.7 Å². The Labute approximate surface area is 207 Å². The number of rotatable bonds is 9. The Balaban J connectivity index is 1.18. The number of hydrogen-bond donors (Lipinski definition) is 0. The fourth-order valence-corrected chi connectivity index (χ4v) is 4.10. The van der Waals surface area contributed by atoms with Crippen LogP contribution in [0.25, 0.3) is 22.3 Å². The molecule has 0 amide bonds. The highest BCUT2D eigenvalue weighted by Crippen LogP contribution is 2.25. The smallest absolute Gasteiger partial charge is 0.311 e. The summed E-state index contributed by atoms with van der Waals surface area (Å²) in [6.07, 6.45) is 3.72. The van der Waals surface area contributed by atoms with E-state index >= 15 is 0 Å². The minimum absolute atomic E-state index is 0.191. The Morgan fingerprint density at radius 1 is 0.686 bits per heavy atom. The molecule has 0 saturated heterocycles. The average molecular weight is 467 g/mol. The standard InChI is InChI=1S/C32H31FO2/c1-23-8-13-26(14-9-23)27-17-19-29(20-18-27)35-32(34)7-5-3-4-6-25-12-21-30(31(33)22-25)28-15-10-24(2)11-16-28/h8-22H,3-7H2,1-2H3. The van der Waals surface area contributed by atoms with Crippen LogP contribution in [-0.4, -0.2) is 5.97 Å². The monoisotopic (exact) mass is 466 g/mol. The van der Waals surface area contributed by atoms with Crippen LogP contribution in [0.3, 0.4) is 0 Å². The van der Waals surface area contributed by atoms with Crippen LogP contribution in [0.2, 0.25) is 0 Å². The summed E-state index contributed by atoms with van der Waals surface area (Å²) in [5, 5.41) is 0. The molecule has 0 heterocycles. The topological polar surface area (TPSA) is 26.3 Å². The number of benzene rings is 4. The van der Waals surface area contributed by atoms with Crippen molar-refractivity contribution >= 4 is 5.97 Å². The van der Waals surface area contributed by atoms with Gasteiger partial charge in [-0.1, -0.05) is 90.3 Å². The van der Waals surface area contributed by atoms with Gasteiger partial charge in [-0.05, 0) is 73.6 Å². The average Bonchev–Trinajstić information content (AvgIpc) is 2.86. The minimum atomic E-state index is -0.221. The molecule has 2 nitrogen and oxygen atoms in total. The number of aryl methyl sites for hydroxylation is 3. The van der Waals surface area contributed by atoms with Gasteiger partial charge in [0.25, 0.3) is 0 Å². The Morgan fingerprint density at radius 2 is 1.26 bits per heavy atom. The van der Waals surface area contributed by atoms with E-state index in [1.807, 2.05) is 67.6 Å². The summed E-state index contributed by atoms with van der Waals surface area (Å²) in [6.45, 7) is 4.09. The first kappa shape index (κ1) is 24.4. The number of esters is 1. The molecule has 0 N–H and O–H groups in total. The van der Waals surface area contributed by atoms with Crippen molar-refractivity contribution in [3.8, 4) is 28.0 Å². The van der Waals surface area contributed by atoms with Gasteiger partial charge >= 0.3 is 5.97 Å². The Bertz CT molecular complexity index is 1260. The van der Waals surface area contributed by atoms with E-state index in [2.05, 4.69) is 31.2 Å². The number of halogens is 1. The lowest BCUT2D eigenvalue weighted by molar-refractivity contribution is -0.134. The molecular formula is C32H31FO2. The van der Waals surface area contributed by atoms with Gasteiger partial charge in [0.1, 0.15) is 11.6 Å². The minimum Gasteiger partial charge on any atom is -0.427 e. The third-order valence-corrected chi connectivity index (χ3v) is 6.21. The van der Waals surface area contributed by atoms with E-state index in [-0.39, 0.29) is 11.8 Å². The van der Waals surface area contributed by atoms with Gasteiger partial charge in [-0.2, -0.15) is 0 Å². The molecule has 0 saturated carbocycles. The molecule has 0 unspecified atom stereocenters. The van der Waals surface area contributed by atoms with Crippen molar-refractivity contribution in [1.82, 2.24) is 0 Å². The highest BCUT2D eigenvalue weighted by atomic mass is 19.1. The van der Waals surface area contributed by atoms with Crippen molar-refractivity contribution in [3.63, 3.8) is 0 Å². The molecule has 0 spiro atoms. The summed E-state index contributed by atoms with van der Waals surface area (Å²) in [5.74, 6) is 0.153. The summed E-state index contributed by atoms with van der Waals surface area (Å²) in [4.78, 5) is 12.2. The molecule has 0 aromatic heterocycles. The Kier molecular flexibility index (Phi) is 8.10. The number of hydrogen-bond acceptors (Lipinski definition) is 2. The van der Waals surface area contributed by atoms with Crippen LogP contribution in [0.5, 0.6) is 5.75 Å². The molecule has 35 heavy (non-hydrogen) atoms. The Hall–Kier alpha value is -3.72. The van der Waals surface area contributed by atoms with Crippen LogP contribution >= 0.6 is 0 Å². The van der Waals surface area contributed by atoms with Crippen molar-refractivity contribution in [2.45, 2.75) is 46.0 Å². The lowest BCUT2D eigenvalue weighted by Crippen LogP contribution is -2.07. The van der Waals surface area contributed by atoms with E-state index < -0.39 is 0 Å². The molecule has 0 atom stereocenters. The van der Waals surface area contributed by atoms with Gasteiger partial charge in [-0.3, -0.25) is 4.79 Å². The predicted octanol–water partition coefficient (Wildman–Crippen LogP) is 8.49. The van der Waals surface area contributed by atoms with Crippen LogP contribution in [0.4, 0.5) is 4.39 Å². The summed E-state index contributed by atoms with van der Waals surface area (Å²) < 4.78 is 20.1. The second-order valence-electron chi connectivity index (χ2n) is 9.11. The van der Waals surface area contributed by atoms with E-state index in [0.717, 1.165) is 53.5 Å². The van der Waals surface area contributed by atoms with Gasteiger partial charge in [0.2, 0.25) is 0 Å². The first-order chi connectivity index (χ1) is 17.0. The van der Waals surface area contributed by atoms with E-state index in [1.165, 1.54) is 5.56 Å². The maximum atomic E-state index is 14.6. The highest BCUT2D eigenvalue weighted by molar-refractivity contribution is 5.73. The molecule has 4 aromatic carbocycles. The van der Waals surface area contributed by atoms with Gasteiger partial charge in [-0.25, -0.2) is 4.39 Å². The zero-order chi connectivity index (χ0) is 24.6. The zero-order valence-corrected chi connectivity index (χ0v) is 20.4. The van der Waals surface area contributed by atoms with Crippen molar-refractivity contribution < 1.29 is 13.9 Å². The molecule has 4 rings (SSSR count). The molecule has 0 aliphatic rings. The fraction of sp³-hybridized carbons (Fsp3) is 0.219. The van der Waals surface area contributed by atoms with Crippen LogP contribution < -0.4 is 4.74 Å². The molecule has 4 aromatic rings. The molecule has 0 bridgehead atoms. The zero-order valence-electron chi connectivity index (χ0n) is 20.4. The number of carbonyl (C=O) groups excluding carboxylic acids is 1. The molecule has 3 heteroatoms. The summed E-state index contributed by atoms with van der Waals surface area (Å²) in [5.41, 5.74) is 7.11. The maximum absolute atomic E-state index is 14.6. The SMILES string of the molecule is Cc1ccc(-c2ccc(OC(=O)CCCCCc3ccc(-c4ccc(C)cc4)c(F)c3)cc2)cc1. The second kappa shape index (κ2) is 11.6. The number of carbonyl (C=O) groups is 1. The van der Waals surface area contributed by atoms with Gasteiger partial charge in [0.05, 0.1) is 0 Å². The van der Waals surface area contributed by atoms with E-state index in [4.69, 9.17) is 4.74 Å². The number of ether oxygens (including phenoxy) is 1. The summed E-state index contributed by atoms with van der Waals surface area (Å²) in [7, 11) is 0. The fourth-order valence-electron chi connectivity index (χ4n) is 4.10. The lowest BCUT2D eigenvalue weighted by Gasteiger charge is -2.08. The quantitative estimate of drug-likeness (QED) is 0.140. The highest BCUT2D eigenvalue weighted by Gasteiger charge is 2.08. The van der Waals surface area contributed by atoms with Crippen molar-refractivity contribution in [2.24, 2.45) is 0 Å². The first-order valence-corrected chi connectivity index (χ1v) is 12.2. The molecule has 0 aliphatic carbocycles. The van der Waals surface area contributed by atoms with Gasteiger partial charge in [-0.15, -0.1) is 0 Å². The number of unbranched alkanes of at least 4 members (excludes halogenated alkanes) is 2. The van der Waals surface area contributed by atoms with Crippen molar-refractivity contribution in [2.75, 3.05) is 0 Å². The second-order valence-corrected chi connectivity index (χ2v) is 9.11. The summed E-state index contributed by atoms with van der Waals surface area (Å²) >= 11 is 0. The molecular weight excluding hydrogens is 435 g/mol. The molecule has 0 aliphatic heterocycles. The lowest BCUT2D eigenvalue weighted by atomic mass is 9.99. The van der Waals surface area contributed by atoms with E-state index in [1.54, 1.807) is 6.07 Å². The normalized spacial score (nSPS) is 10.8. The first-order valence-electron chi connectivity index (χ1n) is 12.2. The van der Waals surface area contributed by atoms with Gasteiger partial charge < -0.3 is 4.74 Å². The Morgan fingerprint density at radius 3 is 1.86 bits per heavy atom. The van der Waals surface area contributed by atoms with Crippen LogP contribution in [0.15, 0.2) is 91.0 Å². The maximum Gasteiger partial charge on any atom is 0.311 e. The van der Waals surface area contributed by atoms with E-state index in [9.17, 15) is 9.18 Å².